The highest BCUT2D eigenvalue weighted by Crippen LogP contribution is 2.36. The molecule has 0 spiro atoms. The number of esters is 1. The molecule has 1 atom stereocenters. The van der Waals surface area contributed by atoms with E-state index in [2.05, 4.69) is 5.32 Å². The smallest absolute Gasteiger partial charge is 0.323 e. The van der Waals surface area contributed by atoms with Crippen LogP contribution in [0.25, 0.3) is 0 Å². The van der Waals surface area contributed by atoms with Gasteiger partial charge in [-0.15, -0.1) is 0 Å². The molecule has 2 amide bonds. The van der Waals surface area contributed by atoms with Gasteiger partial charge in [-0.3, -0.25) is 19.6 Å². The SMILES string of the molecule is CCOC(=O)[C@H](Cc1ccccc1)NCc1cccc(N(C)C(=O)C(C)(C)CC(C)(C)C(=O)NO)c1. The van der Waals surface area contributed by atoms with E-state index in [9.17, 15) is 14.4 Å². The van der Waals surface area contributed by atoms with Gasteiger partial charge in [0, 0.05) is 30.1 Å². The minimum absolute atomic E-state index is 0.153. The number of carbonyl (C=O) groups is 3. The van der Waals surface area contributed by atoms with E-state index >= 15 is 0 Å². The molecule has 196 valence electrons. The zero-order valence-electron chi connectivity index (χ0n) is 22.1. The number of ether oxygens (including phenoxy) is 1. The lowest BCUT2D eigenvalue weighted by atomic mass is 9.74. The molecule has 0 heterocycles. The van der Waals surface area contributed by atoms with Gasteiger partial charge in [0.2, 0.25) is 11.8 Å². The molecule has 8 nitrogen and oxygen atoms in total. The average Bonchev–Trinajstić information content (AvgIpc) is 2.85. The van der Waals surface area contributed by atoms with Gasteiger partial charge >= 0.3 is 5.97 Å². The molecule has 0 aromatic heterocycles. The Labute approximate surface area is 214 Å². The van der Waals surface area contributed by atoms with Crippen LogP contribution < -0.4 is 15.7 Å². The summed E-state index contributed by atoms with van der Waals surface area (Å²) in [6.07, 6.45) is 0.751. The standard InChI is InChI=1S/C28H39N3O5/c1-7-36-24(32)23(17-20-12-9-8-10-13-20)29-18-21-14-11-15-22(16-21)31(6)26(34)28(4,5)19-27(2,3)25(33)30-35/h8-16,23,29,35H,7,17-19H2,1-6H3,(H,30,33)/t23-/m0/s1. The first-order valence-electron chi connectivity index (χ1n) is 12.2. The minimum atomic E-state index is -0.929. The molecule has 0 aliphatic heterocycles. The van der Waals surface area contributed by atoms with Gasteiger partial charge in [0.25, 0.3) is 0 Å². The molecule has 8 heteroatoms. The van der Waals surface area contributed by atoms with Crippen LogP contribution in [0.15, 0.2) is 54.6 Å². The lowest BCUT2D eigenvalue weighted by molar-refractivity contribution is -0.145. The van der Waals surface area contributed by atoms with Crippen LogP contribution in [0.1, 0.15) is 52.2 Å². The second-order valence-electron chi connectivity index (χ2n) is 10.3. The number of anilines is 1. The second kappa shape index (κ2) is 12.6. The molecule has 0 radical (unpaired) electrons. The van der Waals surface area contributed by atoms with Gasteiger partial charge in [0.05, 0.1) is 6.61 Å². The highest BCUT2D eigenvalue weighted by molar-refractivity contribution is 5.97. The van der Waals surface area contributed by atoms with Crippen molar-refractivity contribution < 1.29 is 24.3 Å². The zero-order chi connectivity index (χ0) is 26.9. The van der Waals surface area contributed by atoms with Crippen LogP contribution in [0, 0.1) is 10.8 Å². The van der Waals surface area contributed by atoms with Gasteiger partial charge in [-0.2, -0.15) is 0 Å². The fourth-order valence-corrected chi connectivity index (χ4v) is 4.43. The van der Waals surface area contributed by atoms with Crippen LogP contribution in [0.2, 0.25) is 0 Å². The lowest BCUT2D eigenvalue weighted by Gasteiger charge is -2.35. The van der Waals surface area contributed by atoms with Crippen molar-refractivity contribution in [3.05, 3.63) is 65.7 Å². The number of hydroxylamine groups is 1. The summed E-state index contributed by atoms with van der Waals surface area (Å²) in [5, 5.41) is 12.3. The van der Waals surface area contributed by atoms with Gasteiger partial charge in [-0.1, -0.05) is 70.2 Å². The predicted molar refractivity (Wildman–Crippen MR) is 139 cm³/mol. The van der Waals surface area contributed by atoms with Gasteiger partial charge < -0.3 is 15.0 Å². The Morgan fingerprint density at radius 2 is 1.61 bits per heavy atom. The monoisotopic (exact) mass is 497 g/mol. The molecule has 0 bridgehead atoms. The molecule has 2 rings (SSSR count). The number of amides is 2. The maximum absolute atomic E-state index is 13.4. The Hall–Kier alpha value is -3.23. The van der Waals surface area contributed by atoms with Gasteiger partial charge in [0.15, 0.2) is 0 Å². The van der Waals surface area contributed by atoms with Crippen molar-refractivity contribution >= 4 is 23.5 Å². The highest BCUT2D eigenvalue weighted by atomic mass is 16.5. The average molecular weight is 498 g/mol. The Kier molecular flexibility index (Phi) is 10.2. The zero-order valence-corrected chi connectivity index (χ0v) is 22.1. The number of carbonyl (C=O) groups excluding carboxylic acids is 3. The first-order valence-corrected chi connectivity index (χ1v) is 12.2. The summed E-state index contributed by atoms with van der Waals surface area (Å²) < 4.78 is 5.26. The summed E-state index contributed by atoms with van der Waals surface area (Å²) in [5.41, 5.74) is 2.54. The van der Waals surface area contributed by atoms with Crippen molar-refractivity contribution in [2.24, 2.45) is 10.8 Å². The van der Waals surface area contributed by atoms with E-state index in [0.29, 0.717) is 25.3 Å². The van der Waals surface area contributed by atoms with Crippen LogP contribution in [0.5, 0.6) is 0 Å². The number of nitrogens with zero attached hydrogens (tertiary/aromatic N) is 1. The molecule has 2 aromatic carbocycles. The molecule has 0 fully saturated rings. The maximum Gasteiger partial charge on any atom is 0.323 e. The van der Waals surface area contributed by atoms with Crippen LogP contribution in [0.3, 0.4) is 0 Å². The summed E-state index contributed by atoms with van der Waals surface area (Å²) >= 11 is 0. The first-order chi connectivity index (χ1) is 16.9. The summed E-state index contributed by atoms with van der Waals surface area (Å²) in [6, 6.07) is 16.8. The van der Waals surface area contributed by atoms with Gasteiger partial charge in [0.1, 0.15) is 6.04 Å². The van der Waals surface area contributed by atoms with Crippen LogP contribution in [-0.2, 0) is 32.1 Å². The third kappa shape index (κ3) is 7.90. The predicted octanol–water partition coefficient (Wildman–Crippen LogP) is 3.86. The van der Waals surface area contributed by atoms with Crippen molar-refractivity contribution in [3.63, 3.8) is 0 Å². The Morgan fingerprint density at radius 3 is 2.22 bits per heavy atom. The molecule has 0 aliphatic carbocycles. The Morgan fingerprint density at radius 1 is 0.972 bits per heavy atom. The van der Waals surface area contributed by atoms with Crippen LogP contribution in [-0.4, -0.2) is 42.7 Å². The van der Waals surface area contributed by atoms with E-state index in [-0.39, 0.29) is 18.3 Å². The minimum Gasteiger partial charge on any atom is -0.465 e. The largest absolute Gasteiger partial charge is 0.465 e. The molecule has 2 aromatic rings. The maximum atomic E-state index is 13.4. The normalized spacial score (nSPS) is 12.5. The topological polar surface area (TPSA) is 108 Å². The van der Waals surface area contributed by atoms with Crippen LogP contribution in [0.4, 0.5) is 5.69 Å². The highest BCUT2D eigenvalue weighted by Gasteiger charge is 2.40. The van der Waals surface area contributed by atoms with E-state index in [4.69, 9.17) is 9.94 Å². The summed E-state index contributed by atoms with van der Waals surface area (Å²) in [5.74, 6) is -0.994. The molecule has 0 aliphatic rings. The number of nitrogens with one attached hydrogen (secondary N) is 2. The number of rotatable bonds is 12. The number of benzene rings is 2. The molecule has 0 saturated heterocycles. The van der Waals surface area contributed by atoms with Gasteiger partial charge in [-0.05, 0) is 43.0 Å². The van der Waals surface area contributed by atoms with E-state index in [1.807, 2.05) is 54.6 Å². The Bertz CT molecular complexity index is 1040. The molecule has 0 saturated carbocycles. The van der Waals surface area contributed by atoms with E-state index in [1.165, 1.54) is 0 Å². The van der Waals surface area contributed by atoms with Crippen molar-refractivity contribution in [2.45, 2.75) is 60.0 Å². The molecule has 3 N–H and O–H groups in total. The van der Waals surface area contributed by atoms with Crippen molar-refractivity contribution in [1.82, 2.24) is 10.8 Å². The third-order valence-electron chi connectivity index (χ3n) is 6.19. The quantitative estimate of drug-likeness (QED) is 0.233. The Balaban J connectivity index is 2.13. The number of hydrogen-bond donors (Lipinski definition) is 3. The molecular weight excluding hydrogens is 458 g/mol. The van der Waals surface area contributed by atoms with Crippen molar-refractivity contribution in [3.8, 4) is 0 Å². The fourth-order valence-electron chi connectivity index (χ4n) is 4.43. The van der Waals surface area contributed by atoms with E-state index < -0.39 is 22.8 Å². The summed E-state index contributed by atoms with van der Waals surface area (Å²) in [6.45, 7) is 9.46. The third-order valence-corrected chi connectivity index (χ3v) is 6.19. The fraction of sp³-hybridized carbons (Fsp3) is 0.464. The summed E-state index contributed by atoms with van der Waals surface area (Å²) in [4.78, 5) is 39.5. The second-order valence-corrected chi connectivity index (χ2v) is 10.3. The molecule has 36 heavy (non-hydrogen) atoms. The van der Waals surface area contributed by atoms with Crippen LogP contribution >= 0.6 is 0 Å². The van der Waals surface area contributed by atoms with Gasteiger partial charge in [-0.25, -0.2) is 5.48 Å². The molecular formula is C28H39N3O5. The van der Waals surface area contributed by atoms with Crippen molar-refractivity contribution in [1.29, 1.82) is 0 Å². The van der Waals surface area contributed by atoms with E-state index in [0.717, 1.165) is 11.1 Å². The lowest BCUT2D eigenvalue weighted by Crippen LogP contribution is -2.45. The van der Waals surface area contributed by atoms with E-state index in [1.54, 1.807) is 52.0 Å². The first kappa shape index (κ1) is 29.0. The van der Waals surface area contributed by atoms with Crippen molar-refractivity contribution in [2.75, 3.05) is 18.6 Å². The summed E-state index contributed by atoms with van der Waals surface area (Å²) in [7, 11) is 1.70. The molecule has 0 unspecified atom stereocenters. The number of hydrogen-bond acceptors (Lipinski definition) is 6.